The molecule has 0 aromatic heterocycles. The minimum atomic E-state index is -3.50. The number of nitrogens with zero attached hydrogens (tertiary/aromatic N) is 4. The van der Waals surface area contributed by atoms with Crippen molar-refractivity contribution in [2.45, 2.75) is 39.3 Å². The van der Waals surface area contributed by atoms with E-state index in [0.717, 1.165) is 0 Å². The third-order valence-corrected chi connectivity index (χ3v) is 6.80. The standard InChI is InChI=1S/C17H33N5O5S/c1-14(18-16(24)27-17(2,3)4)15(23)20-8-12-22(13-9-20)28(25,26)21-10-6-19(5)7-11-21/h14H,6-13H2,1-5H3,(H,18,24)/t14-/m1/s1. The second-order valence-corrected chi connectivity index (χ2v) is 10.2. The number of likely N-dealkylation sites (N-methyl/N-ethyl adjacent to an activating group) is 1. The first-order valence-corrected chi connectivity index (χ1v) is 11.0. The number of rotatable bonds is 4. The number of amides is 2. The Morgan fingerprint density at radius 2 is 1.39 bits per heavy atom. The second-order valence-electron chi connectivity index (χ2n) is 8.30. The van der Waals surface area contributed by atoms with E-state index < -0.39 is 27.9 Å². The van der Waals surface area contributed by atoms with E-state index >= 15 is 0 Å². The summed E-state index contributed by atoms with van der Waals surface area (Å²) >= 11 is 0. The third kappa shape index (κ3) is 6.03. The maximum atomic E-state index is 12.8. The number of hydrogen-bond donors (Lipinski definition) is 1. The first kappa shape index (κ1) is 22.9. The molecule has 0 bridgehead atoms. The van der Waals surface area contributed by atoms with Gasteiger partial charge in [-0.3, -0.25) is 4.79 Å². The molecule has 0 saturated carbocycles. The lowest BCUT2D eigenvalue weighted by Crippen LogP contribution is -2.59. The van der Waals surface area contributed by atoms with Crippen LogP contribution in [0, 0.1) is 0 Å². The Bertz CT molecular complexity index is 662. The van der Waals surface area contributed by atoms with Crippen molar-refractivity contribution < 1.29 is 22.7 Å². The molecule has 2 saturated heterocycles. The molecule has 28 heavy (non-hydrogen) atoms. The van der Waals surface area contributed by atoms with Gasteiger partial charge in [-0.1, -0.05) is 0 Å². The van der Waals surface area contributed by atoms with Gasteiger partial charge in [-0.05, 0) is 34.7 Å². The lowest BCUT2D eigenvalue weighted by atomic mass is 10.2. The fraction of sp³-hybridized carbons (Fsp3) is 0.882. The zero-order valence-electron chi connectivity index (χ0n) is 17.5. The summed E-state index contributed by atoms with van der Waals surface area (Å²) in [7, 11) is -1.53. The molecule has 2 aliphatic rings. The zero-order valence-corrected chi connectivity index (χ0v) is 18.3. The summed E-state index contributed by atoms with van der Waals surface area (Å²) in [5.41, 5.74) is -0.643. The van der Waals surface area contributed by atoms with Crippen LogP contribution in [0.2, 0.25) is 0 Å². The smallest absolute Gasteiger partial charge is 0.408 e. The van der Waals surface area contributed by atoms with Gasteiger partial charge >= 0.3 is 6.09 Å². The van der Waals surface area contributed by atoms with Crippen molar-refractivity contribution in [3.05, 3.63) is 0 Å². The summed E-state index contributed by atoms with van der Waals surface area (Å²) in [5.74, 6) is -0.248. The largest absolute Gasteiger partial charge is 0.444 e. The molecular formula is C17H33N5O5S. The summed E-state index contributed by atoms with van der Waals surface area (Å²) in [4.78, 5) is 28.1. The van der Waals surface area contributed by atoms with E-state index in [1.165, 1.54) is 8.61 Å². The number of ether oxygens (including phenoxy) is 1. The van der Waals surface area contributed by atoms with Gasteiger partial charge in [-0.2, -0.15) is 17.0 Å². The van der Waals surface area contributed by atoms with Crippen molar-refractivity contribution >= 4 is 22.2 Å². The molecule has 162 valence electrons. The van der Waals surface area contributed by atoms with Crippen LogP contribution in [0.4, 0.5) is 4.79 Å². The molecule has 0 aliphatic carbocycles. The Balaban J connectivity index is 1.85. The van der Waals surface area contributed by atoms with Crippen molar-refractivity contribution in [2.75, 3.05) is 59.4 Å². The van der Waals surface area contributed by atoms with Gasteiger partial charge in [-0.15, -0.1) is 0 Å². The van der Waals surface area contributed by atoms with E-state index in [1.54, 1.807) is 32.6 Å². The van der Waals surface area contributed by atoms with Crippen molar-refractivity contribution in [1.29, 1.82) is 0 Å². The summed E-state index contributed by atoms with van der Waals surface area (Å²) in [6.45, 7) is 10.3. The van der Waals surface area contributed by atoms with Crippen LogP contribution in [0.15, 0.2) is 0 Å². The molecule has 0 radical (unpaired) electrons. The molecule has 2 aliphatic heterocycles. The molecule has 0 aromatic rings. The normalized spacial score (nSPS) is 22.0. The van der Waals surface area contributed by atoms with Gasteiger partial charge in [0.25, 0.3) is 10.2 Å². The van der Waals surface area contributed by atoms with Crippen LogP contribution < -0.4 is 5.32 Å². The maximum absolute atomic E-state index is 12.8. The summed E-state index contributed by atoms with van der Waals surface area (Å²) in [6.07, 6.45) is -0.648. The van der Waals surface area contributed by atoms with Crippen LogP contribution in [-0.4, -0.2) is 110 Å². The highest BCUT2D eigenvalue weighted by molar-refractivity contribution is 7.86. The Morgan fingerprint density at radius 3 is 1.86 bits per heavy atom. The molecule has 2 heterocycles. The molecule has 2 amide bonds. The first-order chi connectivity index (χ1) is 12.9. The van der Waals surface area contributed by atoms with Crippen LogP contribution in [0.5, 0.6) is 0 Å². The molecule has 0 spiro atoms. The first-order valence-electron chi connectivity index (χ1n) is 9.62. The number of piperazine rings is 2. The molecule has 2 rings (SSSR count). The topological polar surface area (TPSA) is 102 Å². The Morgan fingerprint density at radius 1 is 0.929 bits per heavy atom. The Kier molecular flexibility index (Phi) is 7.29. The van der Waals surface area contributed by atoms with Gasteiger partial charge in [-0.25, -0.2) is 4.79 Å². The highest BCUT2D eigenvalue weighted by atomic mass is 32.2. The number of nitrogens with one attached hydrogen (secondary N) is 1. The van der Waals surface area contributed by atoms with Crippen molar-refractivity contribution in [1.82, 2.24) is 23.7 Å². The van der Waals surface area contributed by atoms with E-state index in [2.05, 4.69) is 10.2 Å². The monoisotopic (exact) mass is 419 g/mol. The SMILES string of the molecule is C[C@@H](NC(=O)OC(C)(C)C)C(=O)N1CCN(S(=O)(=O)N2CCN(C)CC2)CC1. The summed E-state index contributed by atoms with van der Waals surface area (Å²) in [5, 5.41) is 2.53. The molecule has 1 N–H and O–H groups in total. The van der Waals surface area contributed by atoms with Crippen LogP contribution in [0.1, 0.15) is 27.7 Å². The fourth-order valence-electron chi connectivity index (χ4n) is 3.14. The summed E-state index contributed by atoms with van der Waals surface area (Å²) in [6, 6.07) is -0.740. The molecule has 1 atom stereocenters. The molecule has 10 nitrogen and oxygen atoms in total. The fourth-order valence-corrected chi connectivity index (χ4v) is 4.72. The van der Waals surface area contributed by atoms with Gasteiger partial charge in [0.15, 0.2) is 0 Å². The van der Waals surface area contributed by atoms with Crippen LogP contribution in [0.25, 0.3) is 0 Å². The van der Waals surface area contributed by atoms with Crippen molar-refractivity contribution in [2.24, 2.45) is 0 Å². The molecule has 0 aromatic carbocycles. The van der Waals surface area contributed by atoms with E-state index in [0.29, 0.717) is 39.3 Å². The van der Waals surface area contributed by atoms with Crippen molar-refractivity contribution in [3.8, 4) is 0 Å². The number of hydrogen-bond acceptors (Lipinski definition) is 6. The zero-order chi connectivity index (χ0) is 21.1. The van der Waals surface area contributed by atoms with E-state index in [9.17, 15) is 18.0 Å². The van der Waals surface area contributed by atoms with E-state index in [1.807, 2.05) is 7.05 Å². The second kappa shape index (κ2) is 8.93. The highest BCUT2D eigenvalue weighted by Crippen LogP contribution is 2.15. The van der Waals surface area contributed by atoms with Crippen LogP contribution in [0.3, 0.4) is 0 Å². The lowest BCUT2D eigenvalue weighted by molar-refractivity contribution is -0.134. The van der Waals surface area contributed by atoms with Crippen molar-refractivity contribution in [3.63, 3.8) is 0 Å². The van der Waals surface area contributed by atoms with Gasteiger partial charge in [0, 0.05) is 52.4 Å². The van der Waals surface area contributed by atoms with E-state index in [4.69, 9.17) is 4.74 Å². The third-order valence-electron chi connectivity index (χ3n) is 4.77. The van der Waals surface area contributed by atoms with Gasteiger partial charge in [0.2, 0.25) is 5.91 Å². The number of carbonyl (C=O) groups excluding carboxylic acids is 2. The van der Waals surface area contributed by atoms with Crippen LogP contribution in [-0.2, 0) is 19.7 Å². The molecule has 2 fully saturated rings. The lowest BCUT2D eigenvalue weighted by Gasteiger charge is -2.39. The molecular weight excluding hydrogens is 386 g/mol. The molecule has 11 heteroatoms. The predicted octanol–water partition coefficient (Wildman–Crippen LogP) is -0.464. The minimum Gasteiger partial charge on any atom is -0.444 e. The number of alkyl carbamates (subject to hydrolysis) is 1. The predicted molar refractivity (Wildman–Crippen MR) is 105 cm³/mol. The van der Waals surface area contributed by atoms with E-state index in [-0.39, 0.29) is 19.0 Å². The minimum absolute atomic E-state index is 0.248. The van der Waals surface area contributed by atoms with Gasteiger partial charge < -0.3 is 19.9 Å². The van der Waals surface area contributed by atoms with Crippen LogP contribution >= 0.6 is 0 Å². The highest BCUT2D eigenvalue weighted by Gasteiger charge is 2.35. The molecule has 0 unspecified atom stereocenters. The maximum Gasteiger partial charge on any atom is 0.408 e. The average Bonchev–Trinajstić information content (AvgIpc) is 2.59. The van der Waals surface area contributed by atoms with Gasteiger partial charge in [0.1, 0.15) is 11.6 Å². The Labute approximate surface area is 167 Å². The number of carbonyl (C=O) groups is 2. The van der Waals surface area contributed by atoms with Gasteiger partial charge in [0.05, 0.1) is 0 Å². The summed E-state index contributed by atoms with van der Waals surface area (Å²) < 4.78 is 33.7. The average molecular weight is 420 g/mol. The Hall–Kier alpha value is -1.43. The quantitative estimate of drug-likeness (QED) is 0.661.